The van der Waals surface area contributed by atoms with E-state index in [1.54, 1.807) is 13.8 Å². The minimum absolute atomic E-state index is 0.157. The van der Waals surface area contributed by atoms with Crippen molar-refractivity contribution in [3.8, 4) is 45.6 Å². The van der Waals surface area contributed by atoms with Crippen LogP contribution in [-0.2, 0) is 0 Å². The van der Waals surface area contributed by atoms with Gasteiger partial charge in [-0.2, -0.15) is 0 Å². The SMILES string of the molecule is Cc1c(C)c(-c2c(O)c(O)c(O)c(Br)c2O)c(C)c(O)c1O. The third-order valence-electron chi connectivity index (χ3n) is 3.84. The molecule has 6 N–H and O–H groups in total. The Morgan fingerprint density at radius 3 is 1.55 bits per heavy atom. The van der Waals surface area contributed by atoms with Gasteiger partial charge in [0, 0.05) is 5.56 Å². The van der Waals surface area contributed by atoms with Gasteiger partial charge >= 0.3 is 0 Å². The average molecular weight is 371 g/mol. The van der Waals surface area contributed by atoms with E-state index in [9.17, 15) is 30.6 Å². The summed E-state index contributed by atoms with van der Waals surface area (Å²) in [6, 6.07) is 0. The molecule has 0 heterocycles. The molecule has 0 saturated heterocycles. The van der Waals surface area contributed by atoms with E-state index in [0.717, 1.165) is 0 Å². The van der Waals surface area contributed by atoms with Crippen LogP contribution >= 0.6 is 15.9 Å². The predicted octanol–water partition coefficient (Wildman–Crippen LogP) is 3.27. The van der Waals surface area contributed by atoms with Crippen LogP contribution in [0.15, 0.2) is 4.47 Å². The van der Waals surface area contributed by atoms with Crippen LogP contribution in [0.2, 0.25) is 0 Å². The number of rotatable bonds is 1. The zero-order valence-electron chi connectivity index (χ0n) is 12.1. The molecule has 118 valence electrons. The first-order valence-electron chi connectivity index (χ1n) is 6.28. The Hall–Kier alpha value is -2.28. The van der Waals surface area contributed by atoms with Gasteiger partial charge in [-0.15, -0.1) is 0 Å². The van der Waals surface area contributed by atoms with Crippen molar-refractivity contribution in [2.75, 3.05) is 0 Å². The fourth-order valence-corrected chi connectivity index (χ4v) is 2.79. The molecule has 0 atom stereocenters. The maximum absolute atomic E-state index is 10.2. The molecule has 0 spiro atoms. The summed E-state index contributed by atoms with van der Waals surface area (Å²) in [5, 5.41) is 59.6. The Labute approximate surface area is 134 Å². The van der Waals surface area contributed by atoms with Crippen molar-refractivity contribution in [1.29, 1.82) is 0 Å². The van der Waals surface area contributed by atoms with Gasteiger partial charge in [-0.05, 0) is 53.4 Å². The molecule has 7 heteroatoms. The molecule has 2 aromatic rings. The number of halogens is 1. The molecule has 0 bridgehead atoms. The first-order valence-corrected chi connectivity index (χ1v) is 7.07. The molecule has 2 rings (SSSR count). The lowest BCUT2D eigenvalue weighted by molar-refractivity contribution is 0.360. The van der Waals surface area contributed by atoms with Crippen molar-refractivity contribution >= 4 is 15.9 Å². The minimum Gasteiger partial charge on any atom is -0.506 e. The van der Waals surface area contributed by atoms with Gasteiger partial charge in [0.15, 0.2) is 23.0 Å². The topological polar surface area (TPSA) is 121 Å². The summed E-state index contributed by atoms with van der Waals surface area (Å²) in [7, 11) is 0. The monoisotopic (exact) mass is 370 g/mol. The zero-order valence-corrected chi connectivity index (χ0v) is 13.6. The van der Waals surface area contributed by atoms with Crippen LogP contribution in [0.1, 0.15) is 16.7 Å². The molecule has 0 saturated carbocycles. The molecule has 0 aliphatic carbocycles. The number of aromatic hydroxyl groups is 6. The highest BCUT2D eigenvalue weighted by atomic mass is 79.9. The van der Waals surface area contributed by atoms with Gasteiger partial charge in [-0.25, -0.2) is 0 Å². The second kappa shape index (κ2) is 5.17. The quantitative estimate of drug-likeness (QED) is 0.338. The van der Waals surface area contributed by atoms with E-state index in [4.69, 9.17) is 0 Å². The number of hydrogen-bond acceptors (Lipinski definition) is 6. The normalized spacial score (nSPS) is 10.9. The van der Waals surface area contributed by atoms with E-state index in [0.29, 0.717) is 11.1 Å². The first kappa shape index (κ1) is 16.1. The second-order valence-electron chi connectivity index (χ2n) is 5.03. The largest absolute Gasteiger partial charge is 0.506 e. The van der Waals surface area contributed by atoms with E-state index >= 15 is 0 Å². The summed E-state index contributed by atoms with van der Waals surface area (Å²) in [5.41, 5.74) is 1.16. The Kier molecular flexibility index (Phi) is 3.78. The van der Waals surface area contributed by atoms with Gasteiger partial charge < -0.3 is 30.6 Å². The third-order valence-corrected chi connectivity index (χ3v) is 4.59. The van der Waals surface area contributed by atoms with Crippen molar-refractivity contribution < 1.29 is 30.6 Å². The van der Waals surface area contributed by atoms with Gasteiger partial charge in [-0.3, -0.25) is 0 Å². The Morgan fingerprint density at radius 2 is 1.00 bits per heavy atom. The summed E-state index contributed by atoms with van der Waals surface area (Å²) in [4.78, 5) is 0. The highest BCUT2D eigenvalue weighted by molar-refractivity contribution is 9.10. The molecular formula is C15H15BrO6. The number of benzene rings is 2. The van der Waals surface area contributed by atoms with Crippen molar-refractivity contribution in [1.82, 2.24) is 0 Å². The van der Waals surface area contributed by atoms with Gasteiger partial charge in [-0.1, -0.05) is 0 Å². The Balaban J connectivity index is 3.03. The predicted molar refractivity (Wildman–Crippen MR) is 83.8 cm³/mol. The number of phenolic OH excluding ortho intramolecular Hbond substituents is 6. The van der Waals surface area contributed by atoms with Gasteiger partial charge in [0.05, 0.1) is 5.56 Å². The standard InChI is InChI=1S/C15H15BrO6/c1-4-5(2)10(17)11(18)6(3)7(4)8-12(19)9(16)14(21)15(22)13(8)20/h17-22H,1-3H3. The Morgan fingerprint density at radius 1 is 0.500 bits per heavy atom. The summed E-state index contributed by atoms with van der Waals surface area (Å²) in [5.74, 6) is -3.41. The average Bonchev–Trinajstić information content (AvgIpc) is 2.50. The fourth-order valence-electron chi connectivity index (χ4n) is 2.40. The molecule has 2 aromatic carbocycles. The van der Waals surface area contributed by atoms with E-state index < -0.39 is 23.0 Å². The molecule has 22 heavy (non-hydrogen) atoms. The Bertz CT molecular complexity index is 672. The van der Waals surface area contributed by atoms with Gasteiger partial charge in [0.1, 0.15) is 10.2 Å². The summed E-state index contributed by atoms with van der Waals surface area (Å²) in [6.07, 6.45) is 0. The van der Waals surface area contributed by atoms with E-state index in [1.807, 2.05) is 0 Å². The van der Waals surface area contributed by atoms with Crippen LogP contribution in [0, 0.1) is 20.8 Å². The van der Waals surface area contributed by atoms with Crippen LogP contribution in [0.3, 0.4) is 0 Å². The summed E-state index contributed by atoms with van der Waals surface area (Å²) < 4.78 is -0.193. The zero-order chi connectivity index (χ0) is 16.9. The van der Waals surface area contributed by atoms with E-state index in [-0.39, 0.29) is 32.7 Å². The second-order valence-corrected chi connectivity index (χ2v) is 5.82. The van der Waals surface area contributed by atoms with Gasteiger partial charge in [0.2, 0.25) is 5.75 Å². The molecule has 0 aliphatic heterocycles. The number of hydrogen-bond donors (Lipinski definition) is 6. The van der Waals surface area contributed by atoms with Crippen LogP contribution in [-0.4, -0.2) is 30.6 Å². The highest BCUT2D eigenvalue weighted by Crippen LogP contribution is 2.56. The van der Waals surface area contributed by atoms with Crippen LogP contribution in [0.4, 0.5) is 0 Å². The summed E-state index contributed by atoms with van der Waals surface area (Å²) in [6.45, 7) is 4.69. The molecule has 0 amide bonds. The number of phenols is 6. The maximum atomic E-state index is 10.2. The maximum Gasteiger partial charge on any atom is 0.202 e. The molecule has 0 aliphatic rings. The summed E-state index contributed by atoms with van der Waals surface area (Å²) >= 11 is 2.93. The minimum atomic E-state index is -0.802. The third kappa shape index (κ3) is 2.00. The van der Waals surface area contributed by atoms with E-state index in [1.165, 1.54) is 6.92 Å². The van der Waals surface area contributed by atoms with Crippen molar-refractivity contribution in [3.63, 3.8) is 0 Å². The smallest absolute Gasteiger partial charge is 0.202 e. The fraction of sp³-hybridized carbons (Fsp3) is 0.200. The van der Waals surface area contributed by atoms with Crippen LogP contribution < -0.4 is 0 Å². The molecule has 6 nitrogen and oxygen atoms in total. The van der Waals surface area contributed by atoms with Crippen molar-refractivity contribution in [3.05, 3.63) is 21.2 Å². The van der Waals surface area contributed by atoms with Crippen LogP contribution in [0.5, 0.6) is 34.5 Å². The van der Waals surface area contributed by atoms with Gasteiger partial charge in [0.25, 0.3) is 0 Å². The highest BCUT2D eigenvalue weighted by Gasteiger charge is 2.27. The van der Waals surface area contributed by atoms with Crippen molar-refractivity contribution in [2.24, 2.45) is 0 Å². The lowest BCUT2D eigenvalue weighted by atomic mass is 9.90. The molecule has 0 aromatic heterocycles. The van der Waals surface area contributed by atoms with Crippen molar-refractivity contribution in [2.45, 2.75) is 20.8 Å². The first-order chi connectivity index (χ1) is 10.1. The molecule has 0 radical (unpaired) electrons. The molecule has 0 unspecified atom stereocenters. The molecule has 0 fully saturated rings. The lowest BCUT2D eigenvalue weighted by Gasteiger charge is -2.19. The van der Waals surface area contributed by atoms with E-state index in [2.05, 4.69) is 15.9 Å². The molecular weight excluding hydrogens is 356 g/mol. The lowest BCUT2D eigenvalue weighted by Crippen LogP contribution is -1.95. The van der Waals surface area contributed by atoms with Crippen LogP contribution in [0.25, 0.3) is 11.1 Å².